The number of morpholine rings is 1. The molecule has 1 amide bonds. The van der Waals surface area contributed by atoms with Gasteiger partial charge in [-0.25, -0.2) is 4.39 Å². The van der Waals surface area contributed by atoms with E-state index in [0.29, 0.717) is 5.56 Å². The fourth-order valence-corrected chi connectivity index (χ4v) is 3.51. The lowest BCUT2D eigenvalue weighted by Gasteiger charge is -2.37. The molecule has 1 N–H and O–H groups in total. The normalized spacial score (nSPS) is 20.9. The molecule has 3 rings (SSSR count). The summed E-state index contributed by atoms with van der Waals surface area (Å²) < 4.78 is 19.0. The number of ether oxygens (including phenoxy) is 1. The molecule has 0 saturated carbocycles. The second-order valence-corrected chi connectivity index (χ2v) is 7.38. The fraction of sp³-hybridized carbons (Fsp3) is 0.348. The van der Waals surface area contributed by atoms with Crippen molar-refractivity contribution in [3.8, 4) is 0 Å². The topological polar surface area (TPSA) is 41.6 Å². The molecule has 2 aromatic rings. The van der Waals surface area contributed by atoms with Gasteiger partial charge in [0.05, 0.1) is 18.2 Å². The van der Waals surface area contributed by atoms with Crippen LogP contribution in [-0.4, -0.2) is 31.2 Å². The van der Waals surface area contributed by atoms with Crippen molar-refractivity contribution >= 4 is 17.7 Å². The highest BCUT2D eigenvalue weighted by Crippen LogP contribution is 2.24. The second-order valence-electron chi connectivity index (χ2n) is 7.38. The third-order valence-electron chi connectivity index (χ3n) is 4.79. The lowest BCUT2D eigenvalue weighted by Crippen LogP contribution is -2.45. The number of halogens is 1. The van der Waals surface area contributed by atoms with E-state index in [9.17, 15) is 9.18 Å². The van der Waals surface area contributed by atoms with Gasteiger partial charge in [-0.05, 0) is 62.2 Å². The van der Waals surface area contributed by atoms with Crippen molar-refractivity contribution in [3.63, 3.8) is 0 Å². The van der Waals surface area contributed by atoms with E-state index in [2.05, 4.69) is 36.2 Å². The minimum atomic E-state index is -0.320. The van der Waals surface area contributed by atoms with Gasteiger partial charge in [-0.3, -0.25) is 4.79 Å². The van der Waals surface area contributed by atoms with Crippen LogP contribution in [-0.2, 0) is 9.53 Å². The average Bonchev–Trinajstić information content (AvgIpc) is 2.66. The molecule has 28 heavy (non-hydrogen) atoms. The van der Waals surface area contributed by atoms with Gasteiger partial charge >= 0.3 is 0 Å². The van der Waals surface area contributed by atoms with Gasteiger partial charge in [-0.2, -0.15) is 0 Å². The Labute approximate surface area is 166 Å². The van der Waals surface area contributed by atoms with Crippen LogP contribution in [0.15, 0.2) is 54.6 Å². The Morgan fingerprint density at radius 1 is 1.18 bits per heavy atom. The van der Waals surface area contributed by atoms with E-state index < -0.39 is 0 Å². The highest BCUT2D eigenvalue weighted by Gasteiger charge is 2.22. The number of nitrogens with zero attached hydrogens (tertiary/aromatic N) is 1. The molecule has 148 valence electrons. The summed E-state index contributed by atoms with van der Waals surface area (Å²) in [5, 5.41) is 2.97. The number of carbonyl (C=O) groups is 1. The monoisotopic (exact) mass is 382 g/mol. The van der Waals surface area contributed by atoms with Crippen LogP contribution in [0.2, 0.25) is 0 Å². The van der Waals surface area contributed by atoms with Gasteiger partial charge in [0, 0.05) is 24.9 Å². The number of rotatable bonds is 5. The molecular formula is C23H27FN2O2. The van der Waals surface area contributed by atoms with E-state index in [1.807, 2.05) is 19.1 Å². The molecule has 1 saturated heterocycles. The van der Waals surface area contributed by atoms with Gasteiger partial charge in [-0.15, -0.1) is 0 Å². The first-order valence-electron chi connectivity index (χ1n) is 9.65. The van der Waals surface area contributed by atoms with Crippen molar-refractivity contribution in [2.75, 3.05) is 18.0 Å². The number of nitrogens with one attached hydrogen (secondary N) is 1. The molecule has 5 heteroatoms. The zero-order chi connectivity index (χ0) is 20.1. The summed E-state index contributed by atoms with van der Waals surface area (Å²) in [5.74, 6) is -0.532. The van der Waals surface area contributed by atoms with Crippen LogP contribution in [0.25, 0.3) is 6.08 Å². The van der Waals surface area contributed by atoms with E-state index in [1.165, 1.54) is 18.2 Å². The lowest BCUT2D eigenvalue weighted by molar-refractivity contribution is -0.117. The van der Waals surface area contributed by atoms with Crippen molar-refractivity contribution < 1.29 is 13.9 Å². The summed E-state index contributed by atoms with van der Waals surface area (Å²) in [5.41, 5.74) is 2.83. The van der Waals surface area contributed by atoms with E-state index in [-0.39, 0.29) is 30.0 Å². The van der Waals surface area contributed by atoms with E-state index in [4.69, 9.17) is 4.74 Å². The molecule has 0 aromatic heterocycles. The number of carbonyl (C=O) groups excluding carboxylic acids is 1. The van der Waals surface area contributed by atoms with E-state index in [1.54, 1.807) is 18.2 Å². The zero-order valence-corrected chi connectivity index (χ0v) is 16.6. The third kappa shape index (κ3) is 5.42. The Morgan fingerprint density at radius 3 is 2.61 bits per heavy atom. The Hall–Kier alpha value is -2.66. The van der Waals surface area contributed by atoms with E-state index >= 15 is 0 Å². The molecule has 0 bridgehead atoms. The number of anilines is 1. The number of hydrogen-bond donors (Lipinski definition) is 1. The van der Waals surface area contributed by atoms with Crippen LogP contribution in [0.4, 0.5) is 10.1 Å². The highest BCUT2D eigenvalue weighted by molar-refractivity contribution is 5.92. The Bertz CT molecular complexity index is 842. The molecule has 0 aliphatic carbocycles. The van der Waals surface area contributed by atoms with Crippen molar-refractivity contribution in [2.45, 2.75) is 39.0 Å². The molecule has 2 aromatic carbocycles. The second kappa shape index (κ2) is 9.02. The summed E-state index contributed by atoms with van der Waals surface area (Å²) in [6.07, 6.45) is 3.42. The van der Waals surface area contributed by atoms with Gasteiger partial charge in [0.15, 0.2) is 0 Å². The molecular weight excluding hydrogens is 355 g/mol. The molecule has 0 spiro atoms. The molecule has 1 aliphatic heterocycles. The minimum Gasteiger partial charge on any atom is -0.372 e. The molecule has 4 nitrogen and oxygen atoms in total. The maximum Gasteiger partial charge on any atom is 0.244 e. The van der Waals surface area contributed by atoms with Crippen LogP contribution >= 0.6 is 0 Å². The van der Waals surface area contributed by atoms with Gasteiger partial charge in [0.25, 0.3) is 0 Å². The fourth-order valence-electron chi connectivity index (χ4n) is 3.51. The SMILES string of the molecule is C[C@@H]1CN(c2cccc([C@H](C)NC(=O)C=Cc3cccc(F)c3)c2)C[C@H](C)O1. The first-order chi connectivity index (χ1) is 13.4. The molecule has 1 heterocycles. The predicted molar refractivity (Wildman–Crippen MR) is 111 cm³/mol. The Morgan fingerprint density at radius 2 is 1.89 bits per heavy atom. The molecule has 1 fully saturated rings. The third-order valence-corrected chi connectivity index (χ3v) is 4.79. The standard InChI is InChI=1S/C23H27FN2O2/c1-16-14-26(15-17(2)28-16)22-9-5-7-20(13-22)18(3)25-23(27)11-10-19-6-4-8-21(24)12-19/h4-13,16-18H,14-15H2,1-3H3,(H,25,27)/t16-,17+,18-/m0/s1. The average molecular weight is 382 g/mol. The maximum atomic E-state index is 13.2. The molecule has 3 atom stereocenters. The van der Waals surface area contributed by atoms with Crippen LogP contribution < -0.4 is 10.2 Å². The summed E-state index contributed by atoms with van der Waals surface area (Å²) in [7, 11) is 0. The largest absolute Gasteiger partial charge is 0.372 e. The van der Waals surface area contributed by atoms with Gasteiger partial charge in [0.1, 0.15) is 5.82 Å². The van der Waals surface area contributed by atoms with Crippen molar-refractivity contribution in [2.24, 2.45) is 0 Å². The summed E-state index contributed by atoms with van der Waals surface area (Å²) in [6, 6.07) is 14.2. The minimum absolute atomic E-state index is 0.138. The quantitative estimate of drug-likeness (QED) is 0.783. The van der Waals surface area contributed by atoms with Crippen LogP contribution in [0.5, 0.6) is 0 Å². The summed E-state index contributed by atoms with van der Waals surface area (Å²) >= 11 is 0. The number of amides is 1. The van der Waals surface area contributed by atoms with Gasteiger partial charge in [-0.1, -0.05) is 24.3 Å². The van der Waals surface area contributed by atoms with Crippen molar-refractivity contribution in [1.82, 2.24) is 5.32 Å². The summed E-state index contributed by atoms with van der Waals surface area (Å²) in [6.45, 7) is 7.83. The first kappa shape index (κ1) is 20.1. The van der Waals surface area contributed by atoms with E-state index in [0.717, 1.165) is 24.3 Å². The smallest absolute Gasteiger partial charge is 0.244 e. The summed E-state index contributed by atoms with van der Waals surface area (Å²) in [4.78, 5) is 14.6. The van der Waals surface area contributed by atoms with Gasteiger partial charge < -0.3 is 15.0 Å². The first-order valence-corrected chi connectivity index (χ1v) is 9.65. The van der Waals surface area contributed by atoms with Crippen molar-refractivity contribution in [1.29, 1.82) is 0 Å². The lowest BCUT2D eigenvalue weighted by atomic mass is 10.1. The van der Waals surface area contributed by atoms with Crippen LogP contribution in [0, 0.1) is 5.82 Å². The molecule has 0 radical (unpaired) electrons. The highest BCUT2D eigenvalue weighted by atomic mass is 19.1. The predicted octanol–water partition coefficient (Wildman–Crippen LogP) is 4.33. The Balaban J connectivity index is 1.64. The molecule has 0 unspecified atom stereocenters. The maximum absolute atomic E-state index is 13.2. The number of benzene rings is 2. The van der Waals surface area contributed by atoms with Crippen molar-refractivity contribution in [3.05, 3.63) is 71.6 Å². The zero-order valence-electron chi connectivity index (χ0n) is 16.6. The Kier molecular flexibility index (Phi) is 6.47. The number of hydrogen-bond acceptors (Lipinski definition) is 3. The van der Waals surface area contributed by atoms with Crippen LogP contribution in [0.1, 0.15) is 37.9 Å². The van der Waals surface area contributed by atoms with Crippen LogP contribution in [0.3, 0.4) is 0 Å². The molecule has 1 aliphatic rings. The van der Waals surface area contributed by atoms with Gasteiger partial charge in [0.2, 0.25) is 5.91 Å².